The molecule has 1 atom stereocenters. The molecule has 0 aromatic heterocycles. The number of sulfone groups is 1. The van der Waals surface area contributed by atoms with Crippen LogP contribution in [0.4, 0.5) is 0 Å². The van der Waals surface area contributed by atoms with Crippen molar-refractivity contribution < 1.29 is 27.8 Å². The van der Waals surface area contributed by atoms with E-state index in [0.717, 1.165) is 25.3 Å². The Bertz CT molecular complexity index is 589. The van der Waals surface area contributed by atoms with E-state index in [9.17, 15) is 13.2 Å². The summed E-state index contributed by atoms with van der Waals surface area (Å²) in [5.41, 5.74) is -0.0485. The van der Waals surface area contributed by atoms with Gasteiger partial charge in [-0.1, -0.05) is 6.07 Å². The van der Waals surface area contributed by atoms with Gasteiger partial charge in [0.1, 0.15) is 0 Å². The third kappa shape index (κ3) is 4.52. The van der Waals surface area contributed by atoms with Gasteiger partial charge in [0, 0.05) is 6.61 Å². The van der Waals surface area contributed by atoms with Crippen molar-refractivity contribution >= 4 is 15.8 Å². The Balaban J connectivity index is 1.94. The van der Waals surface area contributed by atoms with E-state index >= 15 is 0 Å². The summed E-state index contributed by atoms with van der Waals surface area (Å²) in [5, 5.41) is 8.89. The van der Waals surface area contributed by atoms with Crippen LogP contribution in [0.3, 0.4) is 0 Å². The van der Waals surface area contributed by atoms with Crippen molar-refractivity contribution in [2.75, 3.05) is 19.0 Å². The Morgan fingerprint density at radius 3 is 2.86 bits per heavy atom. The Hall–Kier alpha value is -1.44. The minimum absolute atomic E-state index is 0.00411. The van der Waals surface area contributed by atoms with Gasteiger partial charge < -0.3 is 14.6 Å². The number of hydrogen-bond acceptors (Lipinski definition) is 5. The summed E-state index contributed by atoms with van der Waals surface area (Å²) < 4.78 is 35.0. The first-order valence-electron chi connectivity index (χ1n) is 6.78. The van der Waals surface area contributed by atoms with Gasteiger partial charge in [-0.3, -0.25) is 0 Å². The van der Waals surface area contributed by atoms with Crippen molar-refractivity contribution in [2.45, 2.75) is 30.4 Å². The number of hydrogen-bond donors (Lipinski definition) is 1. The normalized spacial score (nSPS) is 19.3. The van der Waals surface area contributed by atoms with Crippen LogP contribution in [0.1, 0.15) is 29.6 Å². The predicted molar refractivity (Wildman–Crippen MR) is 75.0 cm³/mol. The molecule has 1 aromatic carbocycles. The topological polar surface area (TPSA) is 89.9 Å². The lowest BCUT2D eigenvalue weighted by Gasteiger charge is -2.22. The van der Waals surface area contributed by atoms with E-state index in [4.69, 9.17) is 14.6 Å². The number of rotatable bonds is 6. The molecule has 1 fully saturated rings. The Morgan fingerprint density at radius 1 is 1.38 bits per heavy atom. The highest BCUT2D eigenvalue weighted by atomic mass is 32.2. The molecule has 0 amide bonds. The Labute approximate surface area is 123 Å². The van der Waals surface area contributed by atoms with E-state index in [1.165, 1.54) is 18.2 Å². The molecular weight excluding hydrogens is 296 g/mol. The average Bonchev–Trinajstić information content (AvgIpc) is 2.48. The maximum Gasteiger partial charge on any atom is 0.335 e. The molecule has 1 saturated heterocycles. The monoisotopic (exact) mass is 314 g/mol. The first kappa shape index (κ1) is 15.9. The van der Waals surface area contributed by atoms with Crippen LogP contribution >= 0.6 is 0 Å². The first-order chi connectivity index (χ1) is 9.99. The van der Waals surface area contributed by atoms with Crippen molar-refractivity contribution in [2.24, 2.45) is 0 Å². The molecule has 0 spiro atoms. The summed E-state index contributed by atoms with van der Waals surface area (Å²) in [6.07, 6.45) is 2.45. The fraction of sp³-hybridized carbons (Fsp3) is 0.500. The van der Waals surface area contributed by atoms with Crippen molar-refractivity contribution in [3.63, 3.8) is 0 Å². The van der Waals surface area contributed by atoms with Crippen LogP contribution in [-0.4, -0.2) is 44.8 Å². The van der Waals surface area contributed by atoms with E-state index < -0.39 is 15.8 Å². The van der Waals surface area contributed by atoms with Gasteiger partial charge in [0.25, 0.3) is 0 Å². The summed E-state index contributed by atoms with van der Waals surface area (Å²) in [5.74, 6) is -1.35. The number of aromatic carboxylic acids is 1. The summed E-state index contributed by atoms with van der Waals surface area (Å²) in [6.45, 7) is 0.669. The molecule has 0 radical (unpaired) electrons. The maximum atomic E-state index is 12.1. The molecule has 1 aliphatic heterocycles. The minimum atomic E-state index is -3.56. The van der Waals surface area contributed by atoms with Crippen molar-refractivity contribution in [3.8, 4) is 0 Å². The van der Waals surface area contributed by atoms with Gasteiger partial charge in [0.2, 0.25) is 0 Å². The highest BCUT2D eigenvalue weighted by Crippen LogP contribution is 2.16. The van der Waals surface area contributed by atoms with E-state index in [1.807, 2.05) is 0 Å². The molecule has 1 unspecified atom stereocenters. The molecule has 1 N–H and O–H groups in total. The molecule has 6 nitrogen and oxygen atoms in total. The lowest BCUT2D eigenvalue weighted by molar-refractivity contribution is -0.158. The molecule has 1 heterocycles. The summed E-state index contributed by atoms with van der Waals surface area (Å²) in [7, 11) is -3.56. The number of ether oxygens (including phenoxy) is 2. The quantitative estimate of drug-likeness (QED) is 0.859. The summed E-state index contributed by atoms with van der Waals surface area (Å²) >= 11 is 0. The zero-order chi connectivity index (χ0) is 15.3. The number of carboxylic acid groups (broad SMARTS) is 1. The average molecular weight is 314 g/mol. The largest absolute Gasteiger partial charge is 0.478 e. The van der Waals surface area contributed by atoms with Crippen LogP contribution in [0.5, 0.6) is 0 Å². The predicted octanol–water partition coefficient (Wildman–Crippen LogP) is 1.70. The van der Waals surface area contributed by atoms with E-state index in [2.05, 4.69) is 0 Å². The first-order valence-corrected chi connectivity index (χ1v) is 8.43. The summed E-state index contributed by atoms with van der Waals surface area (Å²) in [4.78, 5) is 10.9. The van der Waals surface area contributed by atoms with Crippen LogP contribution in [0.15, 0.2) is 29.2 Å². The third-order valence-electron chi connectivity index (χ3n) is 3.23. The maximum absolute atomic E-state index is 12.1. The van der Waals surface area contributed by atoms with Crippen molar-refractivity contribution in [1.82, 2.24) is 0 Å². The van der Waals surface area contributed by atoms with Gasteiger partial charge in [0.05, 0.1) is 22.8 Å². The molecule has 7 heteroatoms. The summed E-state index contributed by atoms with van der Waals surface area (Å²) in [6, 6.07) is 5.32. The van der Waals surface area contributed by atoms with E-state index in [0.29, 0.717) is 6.61 Å². The van der Waals surface area contributed by atoms with Gasteiger partial charge in [-0.15, -0.1) is 0 Å². The van der Waals surface area contributed by atoms with Gasteiger partial charge in [-0.25, -0.2) is 13.2 Å². The fourth-order valence-corrected chi connectivity index (χ4v) is 3.22. The smallest absolute Gasteiger partial charge is 0.335 e. The van der Waals surface area contributed by atoms with Crippen molar-refractivity contribution in [1.29, 1.82) is 0 Å². The fourth-order valence-electron chi connectivity index (χ4n) is 2.07. The SMILES string of the molecule is O=C(O)c1cccc(S(=O)(=O)CCOC2CCCCO2)c1. The molecule has 2 rings (SSSR count). The second kappa shape index (κ2) is 7.02. The standard InChI is InChI=1S/C14H18O6S/c15-14(16)11-4-3-5-12(10-11)21(17,18)9-8-20-13-6-1-2-7-19-13/h3-5,10,13H,1-2,6-9H2,(H,15,16). The lowest BCUT2D eigenvalue weighted by atomic mass is 10.2. The third-order valence-corrected chi connectivity index (χ3v) is 4.91. The van der Waals surface area contributed by atoms with Gasteiger partial charge in [-0.2, -0.15) is 0 Å². The van der Waals surface area contributed by atoms with Crippen LogP contribution in [0.25, 0.3) is 0 Å². The van der Waals surface area contributed by atoms with Crippen molar-refractivity contribution in [3.05, 3.63) is 29.8 Å². The van der Waals surface area contributed by atoms with E-state index in [1.54, 1.807) is 0 Å². The van der Waals surface area contributed by atoms with Gasteiger partial charge in [0.15, 0.2) is 16.1 Å². The molecule has 1 aliphatic rings. The van der Waals surface area contributed by atoms with Gasteiger partial charge >= 0.3 is 5.97 Å². The molecule has 0 saturated carbocycles. The van der Waals surface area contributed by atoms with Gasteiger partial charge in [-0.05, 0) is 37.5 Å². The van der Waals surface area contributed by atoms with Crippen LogP contribution in [0, 0.1) is 0 Å². The second-order valence-corrected chi connectivity index (χ2v) is 6.93. The van der Waals surface area contributed by atoms with Crippen LogP contribution in [-0.2, 0) is 19.3 Å². The van der Waals surface area contributed by atoms with Crippen LogP contribution in [0.2, 0.25) is 0 Å². The zero-order valence-corrected chi connectivity index (χ0v) is 12.3. The number of benzene rings is 1. The lowest BCUT2D eigenvalue weighted by Crippen LogP contribution is -2.25. The van der Waals surface area contributed by atoms with E-state index in [-0.39, 0.29) is 29.1 Å². The Morgan fingerprint density at radius 2 is 2.19 bits per heavy atom. The number of carbonyl (C=O) groups is 1. The van der Waals surface area contributed by atoms with Crippen LogP contribution < -0.4 is 0 Å². The molecule has 21 heavy (non-hydrogen) atoms. The second-order valence-electron chi connectivity index (χ2n) is 4.82. The number of carboxylic acids is 1. The minimum Gasteiger partial charge on any atom is -0.478 e. The molecule has 0 bridgehead atoms. The Kier molecular flexibility index (Phi) is 5.33. The highest BCUT2D eigenvalue weighted by molar-refractivity contribution is 7.91. The zero-order valence-electron chi connectivity index (χ0n) is 11.5. The molecule has 1 aromatic rings. The molecule has 116 valence electrons. The molecular formula is C14H18O6S. The molecule has 0 aliphatic carbocycles. The highest BCUT2D eigenvalue weighted by Gasteiger charge is 2.19.